The molecule has 0 spiro atoms. The van der Waals surface area contributed by atoms with Crippen molar-refractivity contribution < 1.29 is 4.79 Å². The largest absolute Gasteiger partial charge is 0.325 e. The molecule has 9 heteroatoms. The number of aryl methyl sites for hydroxylation is 1. The van der Waals surface area contributed by atoms with Gasteiger partial charge in [0.2, 0.25) is 11.1 Å². The lowest BCUT2D eigenvalue weighted by molar-refractivity contribution is -0.115. The molecular formula is C13H14N6O2S. The summed E-state index contributed by atoms with van der Waals surface area (Å²) in [7, 11) is 0. The first-order valence-electron chi connectivity index (χ1n) is 6.60. The molecule has 1 aromatic carbocycles. The zero-order valence-electron chi connectivity index (χ0n) is 11.9. The van der Waals surface area contributed by atoms with Gasteiger partial charge in [0.05, 0.1) is 16.3 Å². The van der Waals surface area contributed by atoms with E-state index >= 15 is 0 Å². The fourth-order valence-electron chi connectivity index (χ4n) is 1.94. The smallest absolute Gasteiger partial charge is 0.323 e. The number of nitrogens with one attached hydrogen (secondary N) is 4. The number of imidazole rings is 1. The van der Waals surface area contributed by atoms with Gasteiger partial charge >= 0.3 is 5.69 Å². The summed E-state index contributed by atoms with van der Waals surface area (Å²) in [5.74, 6) is 0.543. The van der Waals surface area contributed by atoms with Crippen LogP contribution in [0.15, 0.2) is 28.2 Å². The number of anilines is 1. The molecule has 2 aromatic heterocycles. The molecule has 0 aliphatic rings. The SMILES string of the molecule is Cc1nc(SC(C)C(=O)Nc2ccc3[nH]c(=O)[nH]c3c2)n[nH]1. The van der Waals surface area contributed by atoms with Gasteiger partial charge in [0.1, 0.15) is 5.82 Å². The Morgan fingerprint density at radius 2 is 2.09 bits per heavy atom. The topological polar surface area (TPSA) is 119 Å². The van der Waals surface area contributed by atoms with Gasteiger partial charge in [-0.05, 0) is 32.0 Å². The Labute approximate surface area is 129 Å². The van der Waals surface area contributed by atoms with Crippen LogP contribution >= 0.6 is 11.8 Å². The molecule has 3 rings (SSSR count). The molecule has 22 heavy (non-hydrogen) atoms. The molecule has 0 aliphatic carbocycles. The number of aromatic nitrogens is 5. The number of hydrogen-bond acceptors (Lipinski definition) is 5. The minimum atomic E-state index is -0.351. The fourth-order valence-corrected chi connectivity index (χ4v) is 2.71. The van der Waals surface area contributed by atoms with Crippen molar-refractivity contribution >= 4 is 34.4 Å². The minimum Gasteiger partial charge on any atom is -0.325 e. The first-order valence-corrected chi connectivity index (χ1v) is 7.48. The number of thioether (sulfide) groups is 1. The lowest BCUT2D eigenvalue weighted by Crippen LogP contribution is -2.22. The van der Waals surface area contributed by atoms with Gasteiger partial charge in [-0.15, -0.1) is 5.10 Å². The van der Waals surface area contributed by atoms with E-state index in [0.717, 1.165) is 0 Å². The maximum absolute atomic E-state index is 12.2. The van der Waals surface area contributed by atoms with Gasteiger partial charge in [0, 0.05) is 5.69 Å². The number of carbonyl (C=O) groups excluding carboxylic acids is 1. The average Bonchev–Trinajstić information content (AvgIpc) is 3.03. The summed E-state index contributed by atoms with van der Waals surface area (Å²) in [6.45, 7) is 3.58. The van der Waals surface area contributed by atoms with Gasteiger partial charge < -0.3 is 15.3 Å². The van der Waals surface area contributed by atoms with Crippen molar-refractivity contribution in [1.29, 1.82) is 0 Å². The summed E-state index contributed by atoms with van der Waals surface area (Å²) in [5, 5.41) is 9.72. The molecule has 8 nitrogen and oxygen atoms in total. The van der Waals surface area contributed by atoms with Gasteiger partial charge in [-0.3, -0.25) is 9.89 Å². The number of benzene rings is 1. The molecule has 2 heterocycles. The quantitative estimate of drug-likeness (QED) is 0.542. The fraction of sp³-hybridized carbons (Fsp3) is 0.231. The van der Waals surface area contributed by atoms with Crippen LogP contribution in [0.4, 0.5) is 5.69 Å². The van der Waals surface area contributed by atoms with Crippen LogP contribution in [0.25, 0.3) is 11.0 Å². The molecular weight excluding hydrogens is 304 g/mol. The van der Waals surface area contributed by atoms with Crippen LogP contribution in [0.1, 0.15) is 12.7 Å². The second-order valence-corrected chi connectivity index (χ2v) is 6.10. The summed E-state index contributed by atoms with van der Waals surface area (Å²) < 4.78 is 0. The molecule has 1 amide bonds. The molecule has 1 atom stereocenters. The highest BCUT2D eigenvalue weighted by molar-refractivity contribution is 8.00. The van der Waals surface area contributed by atoms with Crippen molar-refractivity contribution in [2.75, 3.05) is 5.32 Å². The van der Waals surface area contributed by atoms with E-state index in [2.05, 4.69) is 30.5 Å². The van der Waals surface area contributed by atoms with Gasteiger partial charge in [-0.2, -0.15) is 0 Å². The molecule has 0 radical (unpaired) electrons. The van der Waals surface area contributed by atoms with Crippen LogP contribution in [-0.2, 0) is 4.79 Å². The monoisotopic (exact) mass is 318 g/mol. The average molecular weight is 318 g/mol. The highest BCUT2D eigenvalue weighted by Gasteiger charge is 2.17. The van der Waals surface area contributed by atoms with E-state index < -0.39 is 0 Å². The second kappa shape index (κ2) is 5.68. The van der Waals surface area contributed by atoms with E-state index in [4.69, 9.17) is 0 Å². The van der Waals surface area contributed by atoms with Crippen LogP contribution < -0.4 is 11.0 Å². The van der Waals surface area contributed by atoms with E-state index in [1.54, 1.807) is 32.0 Å². The Bertz CT molecular complexity index is 880. The Hall–Kier alpha value is -2.55. The summed E-state index contributed by atoms with van der Waals surface area (Å²) in [4.78, 5) is 32.9. The Morgan fingerprint density at radius 3 is 2.82 bits per heavy atom. The predicted octanol–water partition coefficient (Wildman–Crippen LogP) is 1.40. The Kier molecular flexibility index (Phi) is 3.72. The van der Waals surface area contributed by atoms with Crippen LogP contribution in [0, 0.1) is 6.92 Å². The van der Waals surface area contributed by atoms with Crippen molar-refractivity contribution in [2.24, 2.45) is 0 Å². The number of carbonyl (C=O) groups is 1. The van der Waals surface area contributed by atoms with Crippen molar-refractivity contribution in [2.45, 2.75) is 24.3 Å². The number of fused-ring (bicyclic) bond motifs is 1. The zero-order chi connectivity index (χ0) is 15.7. The molecule has 1 unspecified atom stereocenters. The highest BCUT2D eigenvalue weighted by Crippen LogP contribution is 2.21. The minimum absolute atomic E-state index is 0.162. The van der Waals surface area contributed by atoms with E-state index in [-0.39, 0.29) is 16.8 Å². The van der Waals surface area contributed by atoms with Crippen molar-refractivity contribution in [1.82, 2.24) is 25.1 Å². The number of hydrogen-bond donors (Lipinski definition) is 4. The van der Waals surface area contributed by atoms with E-state index in [9.17, 15) is 9.59 Å². The Morgan fingerprint density at radius 1 is 1.32 bits per heavy atom. The Balaban J connectivity index is 1.70. The number of aromatic amines is 3. The van der Waals surface area contributed by atoms with Crippen molar-refractivity contribution in [3.05, 3.63) is 34.5 Å². The molecule has 0 saturated heterocycles. The predicted molar refractivity (Wildman–Crippen MR) is 84.0 cm³/mol. The molecule has 3 aromatic rings. The summed E-state index contributed by atoms with van der Waals surface area (Å²) in [6, 6.07) is 5.18. The number of rotatable bonds is 4. The molecule has 0 bridgehead atoms. The number of nitrogens with zero attached hydrogens (tertiary/aromatic N) is 2. The number of H-pyrrole nitrogens is 3. The molecule has 0 aliphatic heterocycles. The molecule has 0 saturated carbocycles. The molecule has 114 valence electrons. The maximum Gasteiger partial charge on any atom is 0.323 e. The molecule has 0 fully saturated rings. The zero-order valence-corrected chi connectivity index (χ0v) is 12.7. The van der Waals surface area contributed by atoms with Gasteiger partial charge in [0.25, 0.3) is 0 Å². The second-order valence-electron chi connectivity index (χ2n) is 4.79. The maximum atomic E-state index is 12.2. The van der Waals surface area contributed by atoms with E-state index in [1.807, 2.05) is 0 Å². The number of amides is 1. The summed E-state index contributed by atoms with van der Waals surface area (Å²) in [6.07, 6.45) is 0. The van der Waals surface area contributed by atoms with Crippen LogP contribution in [0.2, 0.25) is 0 Å². The third kappa shape index (κ3) is 3.03. The lowest BCUT2D eigenvalue weighted by Gasteiger charge is -2.10. The van der Waals surface area contributed by atoms with E-state index in [1.165, 1.54) is 11.8 Å². The van der Waals surface area contributed by atoms with Crippen LogP contribution in [0.3, 0.4) is 0 Å². The van der Waals surface area contributed by atoms with Crippen molar-refractivity contribution in [3.63, 3.8) is 0 Å². The van der Waals surface area contributed by atoms with Crippen molar-refractivity contribution in [3.8, 4) is 0 Å². The standard InChI is InChI=1S/C13H14N6O2S/c1-6(22-13-14-7(2)18-19-13)11(20)15-8-3-4-9-10(5-8)17-12(21)16-9/h3-6H,1-2H3,(H,15,20)(H,14,18,19)(H2,16,17,21). The van der Waals surface area contributed by atoms with Gasteiger partial charge in [-0.1, -0.05) is 11.8 Å². The normalized spacial score (nSPS) is 12.5. The third-order valence-electron chi connectivity index (χ3n) is 3.01. The van der Waals surface area contributed by atoms with Crippen LogP contribution in [-0.4, -0.2) is 36.3 Å². The first-order chi connectivity index (χ1) is 10.5. The highest BCUT2D eigenvalue weighted by atomic mass is 32.2. The lowest BCUT2D eigenvalue weighted by atomic mass is 10.2. The van der Waals surface area contributed by atoms with Crippen LogP contribution in [0.5, 0.6) is 0 Å². The first kappa shape index (κ1) is 14.4. The van der Waals surface area contributed by atoms with Gasteiger partial charge in [0.15, 0.2) is 0 Å². The van der Waals surface area contributed by atoms with Gasteiger partial charge in [-0.25, -0.2) is 9.78 Å². The van der Waals surface area contributed by atoms with E-state index in [0.29, 0.717) is 27.7 Å². The third-order valence-corrected chi connectivity index (χ3v) is 3.97. The summed E-state index contributed by atoms with van der Waals surface area (Å²) >= 11 is 1.27. The summed E-state index contributed by atoms with van der Waals surface area (Å²) in [5.41, 5.74) is 1.68. The molecule has 4 N–H and O–H groups in total.